The van der Waals surface area contributed by atoms with Gasteiger partial charge in [-0.05, 0) is 73.6 Å². The van der Waals surface area contributed by atoms with Gasteiger partial charge in [-0.2, -0.15) is 5.10 Å². The van der Waals surface area contributed by atoms with Crippen molar-refractivity contribution in [2.45, 2.75) is 58.3 Å². The smallest absolute Gasteiger partial charge is 0.323 e. The van der Waals surface area contributed by atoms with Crippen LogP contribution < -0.4 is 15.4 Å². The summed E-state index contributed by atoms with van der Waals surface area (Å²) in [6.07, 6.45) is 7.35. The quantitative estimate of drug-likeness (QED) is 0.272. The van der Waals surface area contributed by atoms with E-state index in [2.05, 4.69) is 40.9 Å². The van der Waals surface area contributed by atoms with Gasteiger partial charge in [0, 0.05) is 11.8 Å². The molecule has 0 radical (unpaired) electrons. The highest BCUT2D eigenvalue weighted by Gasteiger charge is 2.17. The van der Waals surface area contributed by atoms with E-state index in [-0.39, 0.29) is 6.03 Å². The van der Waals surface area contributed by atoms with Crippen molar-refractivity contribution >= 4 is 17.4 Å². The molecule has 0 aliphatic heterocycles. The summed E-state index contributed by atoms with van der Waals surface area (Å²) in [6.45, 7) is 4.06. The Morgan fingerprint density at radius 1 is 0.946 bits per heavy atom. The number of aromatic nitrogens is 2. The van der Waals surface area contributed by atoms with Crippen LogP contribution in [-0.4, -0.2) is 15.8 Å². The number of ether oxygens (including phenoxy) is 1. The molecule has 0 saturated heterocycles. The second-order valence-corrected chi connectivity index (χ2v) is 9.65. The molecule has 6 nitrogen and oxygen atoms in total. The summed E-state index contributed by atoms with van der Waals surface area (Å²) in [6, 6.07) is 25.4. The molecule has 3 aromatic carbocycles. The van der Waals surface area contributed by atoms with Crippen LogP contribution in [0.3, 0.4) is 0 Å². The van der Waals surface area contributed by atoms with Crippen LogP contribution in [-0.2, 0) is 6.42 Å². The predicted molar refractivity (Wildman–Crippen MR) is 149 cm³/mol. The molecule has 2 amide bonds. The van der Waals surface area contributed by atoms with E-state index in [9.17, 15) is 4.79 Å². The number of nitrogens with zero attached hydrogens (tertiary/aromatic N) is 2. The Labute approximate surface area is 218 Å². The molecule has 37 heavy (non-hydrogen) atoms. The third-order valence-corrected chi connectivity index (χ3v) is 6.99. The van der Waals surface area contributed by atoms with E-state index in [0.717, 1.165) is 23.5 Å². The Hall–Kier alpha value is -4.06. The first kappa shape index (κ1) is 24.6. The van der Waals surface area contributed by atoms with Crippen molar-refractivity contribution in [3.8, 4) is 17.3 Å². The summed E-state index contributed by atoms with van der Waals surface area (Å²) in [5.74, 6) is 1.77. The number of amides is 2. The highest BCUT2D eigenvalue weighted by atomic mass is 16.5. The van der Waals surface area contributed by atoms with Gasteiger partial charge in [-0.3, -0.25) is 0 Å². The molecule has 0 spiro atoms. The zero-order valence-electron chi connectivity index (χ0n) is 21.5. The van der Waals surface area contributed by atoms with Gasteiger partial charge in [0.2, 0.25) is 5.88 Å². The number of nitrogens with one attached hydrogen (secondary N) is 2. The first-order chi connectivity index (χ1) is 18.1. The van der Waals surface area contributed by atoms with Crippen molar-refractivity contribution in [1.82, 2.24) is 9.78 Å². The average molecular weight is 495 g/mol. The van der Waals surface area contributed by atoms with Crippen molar-refractivity contribution in [2.24, 2.45) is 0 Å². The number of para-hydroxylation sites is 3. The van der Waals surface area contributed by atoms with Crippen LogP contribution in [0.5, 0.6) is 11.6 Å². The second kappa shape index (κ2) is 11.3. The van der Waals surface area contributed by atoms with Crippen LogP contribution >= 0.6 is 0 Å². The normalized spacial score (nSPS) is 13.8. The van der Waals surface area contributed by atoms with Gasteiger partial charge in [0.1, 0.15) is 0 Å². The maximum atomic E-state index is 12.9. The number of carbonyl (C=O) groups excluding carboxylic acids is 1. The van der Waals surface area contributed by atoms with Crippen molar-refractivity contribution in [2.75, 3.05) is 10.6 Å². The fourth-order valence-corrected chi connectivity index (χ4v) is 5.07. The number of anilines is 2. The summed E-state index contributed by atoms with van der Waals surface area (Å²) in [5.41, 5.74) is 5.71. The molecule has 0 bridgehead atoms. The van der Waals surface area contributed by atoms with Crippen LogP contribution in [0.25, 0.3) is 5.69 Å². The Morgan fingerprint density at radius 3 is 2.46 bits per heavy atom. The molecular weight excluding hydrogens is 460 g/mol. The molecule has 1 saturated carbocycles. The zero-order chi connectivity index (χ0) is 25.6. The molecule has 1 aliphatic carbocycles. The molecule has 0 unspecified atom stereocenters. The molecule has 1 fully saturated rings. The van der Waals surface area contributed by atoms with E-state index in [0.29, 0.717) is 23.2 Å². The molecule has 0 atom stereocenters. The van der Waals surface area contributed by atoms with E-state index in [1.165, 1.54) is 43.2 Å². The van der Waals surface area contributed by atoms with E-state index < -0.39 is 0 Å². The van der Waals surface area contributed by atoms with Crippen LogP contribution in [0.15, 0.2) is 78.9 Å². The zero-order valence-corrected chi connectivity index (χ0v) is 21.5. The molecule has 5 rings (SSSR count). The van der Waals surface area contributed by atoms with Gasteiger partial charge >= 0.3 is 6.03 Å². The lowest BCUT2D eigenvalue weighted by Crippen LogP contribution is -2.19. The molecule has 190 valence electrons. The molecule has 2 N–H and O–H groups in total. The largest absolute Gasteiger partial charge is 0.437 e. The van der Waals surface area contributed by atoms with Gasteiger partial charge in [0.15, 0.2) is 5.75 Å². The maximum absolute atomic E-state index is 12.9. The third-order valence-electron chi connectivity index (χ3n) is 6.99. The second-order valence-electron chi connectivity index (χ2n) is 9.65. The summed E-state index contributed by atoms with van der Waals surface area (Å²) in [4.78, 5) is 12.9. The first-order valence-electron chi connectivity index (χ1n) is 13.2. The fraction of sp³-hybridized carbons (Fsp3) is 0.290. The summed E-state index contributed by atoms with van der Waals surface area (Å²) < 4.78 is 8.13. The molecule has 1 heterocycles. The average Bonchev–Trinajstić information content (AvgIpc) is 3.30. The van der Waals surface area contributed by atoms with E-state index in [1.54, 1.807) is 0 Å². The first-order valence-corrected chi connectivity index (χ1v) is 13.2. The van der Waals surface area contributed by atoms with Gasteiger partial charge < -0.3 is 15.4 Å². The van der Waals surface area contributed by atoms with Crippen molar-refractivity contribution in [3.63, 3.8) is 0 Å². The highest BCUT2D eigenvalue weighted by Crippen LogP contribution is 2.34. The number of hydrogen-bond acceptors (Lipinski definition) is 3. The lowest BCUT2D eigenvalue weighted by atomic mass is 9.84. The highest BCUT2D eigenvalue weighted by molar-refractivity contribution is 6.00. The van der Waals surface area contributed by atoms with Crippen molar-refractivity contribution in [1.29, 1.82) is 0 Å². The minimum atomic E-state index is -0.317. The molecule has 6 heteroatoms. The van der Waals surface area contributed by atoms with Crippen LogP contribution in [0.1, 0.15) is 61.8 Å². The Morgan fingerprint density at radius 2 is 1.68 bits per heavy atom. The number of carbonyl (C=O) groups is 1. The molecule has 1 aliphatic rings. The molecular formula is C31H34N4O2. The van der Waals surface area contributed by atoms with Crippen LogP contribution in [0.4, 0.5) is 16.2 Å². The number of aryl methyl sites for hydroxylation is 2. The Kier molecular flexibility index (Phi) is 7.54. The maximum Gasteiger partial charge on any atom is 0.323 e. The summed E-state index contributed by atoms with van der Waals surface area (Å²) >= 11 is 0. The number of hydrogen-bond donors (Lipinski definition) is 2. The lowest BCUT2D eigenvalue weighted by Gasteiger charge is -2.22. The van der Waals surface area contributed by atoms with E-state index in [4.69, 9.17) is 4.74 Å². The number of rotatable bonds is 7. The van der Waals surface area contributed by atoms with E-state index in [1.807, 2.05) is 72.3 Å². The van der Waals surface area contributed by atoms with Gasteiger partial charge in [-0.25, -0.2) is 9.48 Å². The van der Waals surface area contributed by atoms with E-state index >= 15 is 0 Å². The minimum absolute atomic E-state index is 0.317. The molecule has 4 aromatic rings. The van der Waals surface area contributed by atoms with Gasteiger partial charge in [-0.15, -0.1) is 0 Å². The summed E-state index contributed by atoms with van der Waals surface area (Å²) in [7, 11) is 0. The number of benzene rings is 3. The summed E-state index contributed by atoms with van der Waals surface area (Å²) in [5, 5.41) is 10.6. The Bertz CT molecular complexity index is 1350. The molecule has 1 aromatic heterocycles. The minimum Gasteiger partial charge on any atom is -0.437 e. The van der Waals surface area contributed by atoms with Gasteiger partial charge in [-0.1, -0.05) is 68.7 Å². The topological polar surface area (TPSA) is 68.2 Å². The SMILES string of the molecule is CCc1ccccc1-n1nc(C)cc1Oc1ccccc1NC(=O)Nc1ccc(C2CCCCC2)cc1. The Balaban J connectivity index is 1.30. The van der Waals surface area contributed by atoms with Gasteiger partial charge in [0.25, 0.3) is 0 Å². The predicted octanol–water partition coefficient (Wildman–Crippen LogP) is 8.23. The fourth-order valence-electron chi connectivity index (χ4n) is 5.07. The van der Waals surface area contributed by atoms with Crippen molar-refractivity contribution in [3.05, 3.63) is 95.7 Å². The number of urea groups is 1. The standard InChI is InChI=1S/C31H34N4O2/c1-3-23-11-7-9-15-28(23)35-30(21-22(2)34-35)37-29-16-10-8-14-27(29)33-31(36)32-26-19-17-25(18-20-26)24-12-5-4-6-13-24/h7-11,14-21,24H,3-6,12-13H2,1-2H3,(H2,32,33,36). The monoisotopic (exact) mass is 494 g/mol. The van der Waals surface area contributed by atoms with Crippen LogP contribution in [0, 0.1) is 6.92 Å². The van der Waals surface area contributed by atoms with Crippen LogP contribution in [0.2, 0.25) is 0 Å². The lowest BCUT2D eigenvalue weighted by molar-refractivity contribution is 0.262. The third kappa shape index (κ3) is 5.85. The van der Waals surface area contributed by atoms with Crippen molar-refractivity contribution < 1.29 is 9.53 Å². The van der Waals surface area contributed by atoms with Gasteiger partial charge in [0.05, 0.1) is 17.1 Å².